The molecule has 0 atom stereocenters. The van der Waals surface area contributed by atoms with Gasteiger partial charge in [-0.25, -0.2) is 8.42 Å². The van der Waals surface area contributed by atoms with Crippen molar-refractivity contribution in [1.29, 1.82) is 0 Å². The summed E-state index contributed by atoms with van der Waals surface area (Å²) in [5.41, 5.74) is 7.04. The zero-order valence-corrected chi connectivity index (χ0v) is 19.7. The van der Waals surface area contributed by atoms with Crippen LogP contribution in [0.4, 0.5) is 0 Å². The maximum absolute atomic E-state index is 13.4. The lowest BCUT2D eigenvalue weighted by molar-refractivity contribution is 0.0697. The van der Waals surface area contributed by atoms with Gasteiger partial charge in [-0.1, -0.05) is 0 Å². The second-order valence-corrected chi connectivity index (χ2v) is 10.9. The molecule has 0 radical (unpaired) electrons. The number of aryl methyl sites for hydroxylation is 2. The highest BCUT2D eigenvalue weighted by Crippen LogP contribution is 2.32. The fraction of sp³-hybridized carbons (Fsp3) is 0.333. The van der Waals surface area contributed by atoms with E-state index in [0.29, 0.717) is 5.56 Å². The quantitative estimate of drug-likeness (QED) is 0.606. The van der Waals surface area contributed by atoms with Crippen molar-refractivity contribution in [1.82, 2.24) is 18.3 Å². The molecular weight excluding hydrogens is 450 g/mol. The predicted octanol–water partition coefficient (Wildman–Crippen LogP) is 1.74. The Bertz CT molecular complexity index is 1280. The molecule has 0 aromatic carbocycles. The van der Waals surface area contributed by atoms with E-state index in [4.69, 9.17) is 5.73 Å². The summed E-state index contributed by atoms with van der Waals surface area (Å²) >= 11 is 1.57. The Morgan fingerprint density at radius 1 is 1.06 bits per heavy atom. The smallest absolute Gasteiger partial charge is 0.265 e. The van der Waals surface area contributed by atoms with Gasteiger partial charge in [0.15, 0.2) is 0 Å². The molecule has 0 aliphatic carbocycles. The zero-order chi connectivity index (χ0) is 23.2. The van der Waals surface area contributed by atoms with Gasteiger partial charge in [0.05, 0.1) is 5.56 Å². The highest BCUT2D eigenvalue weighted by molar-refractivity contribution is 7.89. The van der Waals surface area contributed by atoms with Gasteiger partial charge in [0.1, 0.15) is 15.6 Å². The molecule has 4 rings (SSSR count). The number of hydrogen-bond donors (Lipinski definition) is 1. The summed E-state index contributed by atoms with van der Waals surface area (Å²) in [4.78, 5) is 27.7. The van der Waals surface area contributed by atoms with Gasteiger partial charge < -0.3 is 19.8 Å². The van der Waals surface area contributed by atoms with E-state index in [1.54, 1.807) is 23.3 Å². The van der Waals surface area contributed by atoms with E-state index in [1.165, 1.54) is 21.1 Å². The van der Waals surface area contributed by atoms with Crippen molar-refractivity contribution < 1.29 is 18.0 Å². The Morgan fingerprint density at radius 2 is 1.69 bits per heavy atom. The molecule has 170 valence electrons. The number of rotatable bonds is 5. The van der Waals surface area contributed by atoms with Crippen LogP contribution in [0.3, 0.4) is 0 Å². The van der Waals surface area contributed by atoms with E-state index in [9.17, 15) is 18.0 Å². The van der Waals surface area contributed by atoms with E-state index >= 15 is 0 Å². The number of nitrogens with two attached hydrogens (primary N) is 1. The Hall–Kier alpha value is -2.89. The van der Waals surface area contributed by atoms with Crippen LogP contribution in [-0.4, -0.2) is 64.8 Å². The van der Waals surface area contributed by atoms with Gasteiger partial charge >= 0.3 is 0 Å². The molecule has 3 aromatic rings. The zero-order valence-electron chi connectivity index (χ0n) is 18.1. The number of carbonyl (C=O) groups is 2. The minimum Gasteiger partial charge on any atom is -0.364 e. The lowest BCUT2D eigenvalue weighted by Crippen LogP contribution is -2.50. The van der Waals surface area contributed by atoms with Gasteiger partial charge in [-0.3, -0.25) is 9.59 Å². The van der Waals surface area contributed by atoms with Crippen LogP contribution in [0, 0.1) is 13.8 Å². The van der Waals surface area contributed by atoms with Crippen LogP contribution < -0.4 is 5.73 Å². The van der Waals surface area contributed by atoms with Crippen molar-refractivity contribution in [3.63, 3.8) is 0 Å². The van der Waals surface area contributed by atoms with Crippen molar-refractivity contribution in [2.75, 3.05) is 26.2 Å². The molecule has 1 aliphatic heterocycles. The lowest BCUT2D eigenvalue weighted by Gasteiger charge is -2.34. The van der Waals surface area contributed by atoms with Gasteiger partial charge in [-0.2, -0.15) is 4.31 Å². The summed E-state index contributed by atoms with van der Waals surface area (Å²) in [5, 5.41) is 0.869. The first kappa shape index (κ1) is 22.3. The molecule has 1 saturated heterocycles. The third-order valence-electron chi connectivity index (χ3n) is 5.82. The molecule has 32 heavy (non-hydrogen) atoms. The fourth-order valence-corrected chi connectivity index (χ4v) is 6.48. The number of piperazine rings is 1. The number of sulfonamides is 1. The van der Waals surface area contributed by atoms with E-state index in [1.807, 2.05) is 42.9 Å². The van der Waals surface area contributed by atoms with E-state index in [0.717, 1.165) is 15.4 Å². The minimum atomic E-state index is -3.79. The van der Waals surface area contributed by atoms with Crippen LogP contribution in [0.2, 0.25) is 0 Å². The van der Waals surface area contributed by atoms with Crippen LogP contribution in [0.1, 0.15) is 31.3 Å². The fourth-order valence-electron chi connectivity index (χ4n) is 3.87. The first-order chi connectivity index (χ1) is 15.1. The lowest BCUT2D eigenvalue weighted by atomic mass is 10.1. The molecule has 9 nitrogen and oxygen atoms in total. The summed E-state index contributed by atoms with van der Waals surface area (Å²) in [6.07, 6.45) is 5.20. The van der Waals surface area contributed by atoms with Gasteiger partial charge in [0, 0.05) is 56.7 Å². The molecule has 4 heterocycles. The van der Waals surface area contributed by atoms with Crippen LogP contribution in [0.5, 0.6) is 0 Å². The number of amides is 2. The molecule has 0 bridgehead atoms. The molecule has 2 amide bonds. The van der Waals surface area contributed by atoms with Crippen LogP contribution in [0.15, 0.2) is 41.7 Å². The topological polar surface area (TPSA) is 111 Å². The van der Waals surface area contributed by atoms with Crippen LogP contribution in [0.25, 0.3) is 5.00 Å². The summed E-state index contributed by atoms with van der Waals surface area (Å²) in [6.45, 7) is 4.86. The second kappa shape index (κ2) is 8.23. The first-order valence-electron chi connectivity index (χ1n) is 10.1. The number of primary amides is 1. The number of aromatic nitrogens is 2. The van der Waals surface area contributed by atoms with Crippen LogP contribution >= 0.6 is 11.3 Å². The molecule has 2 N–H and O–H groups in total. The number of hydrogen-bond acceptors (Lipinski definition) is 5. The Balaban J connectivity index is 1.53. The maximum Gasteiger partial charge on any atom is 0.265 e. The first-order valence-corrected chi connectivity index (χ1v) is 12.4. The average Bonchev–Trinajstić information content (AvgIpc) is 3.48. The number of thiophene rings is 1. The molecular formula is C21H25N5O4S2. The molecule has 0 spiro atoms. The summed E-state index contributed by atoms with van der Waals surface area (Å²) in [6, 6.07) is 5.11. The summed E-state index contributed by atoms with van der Waals surface area (Å²) < 4.78 is 30.8. The van der Waals surface area contributed by atoms with E-state index in [-0.39, 0.29) is 42.7 Å². The van der Waals surface area contributed by atoms with Crippen molar-refractivity contribution in [3.05, 3.63) is 58.5 Å². The standard InChI is InChI=1S/C21H25N5O4S2/c1-14-15(2)31-21(25-6-4-5-7-25)18(14)20(28)24-8-10-26(11-9-24)32(29,30)16-12-17(19(22)27)23(3)13-16/h4-7,12-13H,8-11H2,1-3H3,(H2,22,27). The maximum atomic E-state index is 13.4. The third-order valence-corrected chi connectivity index (χ3v) is 8.90. The third kappa shape index (κ3) is 3.76. The normalized spacial score (nSPS) is 15.3. The van der Waals surface area contributed by atoms with Gasteiger partial charge in [0.2, 0.25) is 10.0 Å². The molecule has 1 aliphatic rings. The number of carbonyl (C=O) groups excluding carboxylic acids is 2. The highest BCUT2D eigenvalue weighted by Gasteiger charge is 2.33. The Morgan fingerprint density at radius 3 is 2.25 bits per heavy atom. The van der Waals surface area contributed by atoms with Crippen molar-refractivity contribution in [2.45, 2.75) is 18.7 Å². The summed E-state index contributed by atoms with van der Waals surface area (Å²) in [5.74, 6) is -0.785. The second-order valence-electron chi connectivity index (χ2n) is 7.79. The van der Waals surface area contributed by atoms with Crippen molar-refractivity contribution in [3.8, 4) is 5.00 Å². The molecule has 3 aromatic heterocycles. The minimum absolute atomic E-state index is 0.0211. The number of nitrogens with zero attached hydrogens (tertiary/aromatic N) is 4. The SMILES string of the molecule is Cc1sc(-n2cccc2)c(C(=O)N2CCN(S(=O)(=O)c3cc(C(N)=O)n(C)c3)CC2)c1C. The Kier molecular flexibility index (Phi) is 5.74. The predicted molar refractivity (Wildman–Crippen MR) is 122 cm³/mol. The molecule has 1 fully saturated rings. The van der Waals surface area contributed by atoms with E-state index < -0.39 is 15.9 Å². The van der Waals surface area contributed by atoms with Crippen molar-refractivity contribution in [2.24, 2.45) is 12.8 Å². The largest absolute Gasteiger partial charge is 0.364 e. The van der Waals surface area contributed by atoms with Gasteiger partial charge in [-0.05, 0) is 37.6 Å². The molecule has 11 heteroatoms. The molecule has 0 saturated carbocycles. The van der Waals surface area contributed by atoms with Crippen molar-refractivity contribution >= 4 is 33.2 Å². The monoisotopic (exact) mass is 475 g/mol. The average molecular weight is 476 g/mol. The van der Waals surface area contributed by atoms with Crippen LogP contribution in [-0.2, 0) is 17.1 Å². The highest BCUT2D eigenvalue weighted by atomic mass is 32.2. The Labute approximate surface area is 190 Å². The van der Waals surface area contributed by atoms with E-state index in [2.05, 4.69) is 0 Å². The summed E-state index contributed by atoms with van der Waals surface area (Å²) in [7, 11) is -2.22. The molecule has 0 unspecified atom stereocenters. The van der Waals surface area contributed by atoms with Gasteiger partial charge in [0.25, 0.3) is 11.8 Å². The van der Waals surface area contributed by atoms with Gasteiger partial charge in [-0.15, -0.1) is 11.3 Å².